The van der Waals surface area contributed by atoms with Crippen molar-refractivity contribution in [3.63, 3.8) is 0 Å². The van der Waals surface area contributed by atoms with Crippen molar-refractivity contribution in [3.8, 4) is 0 Å². The van der Waals surface area contributed by atoms with Crippen LogP contribution in [0.15, 0.2) is 6.07 Å². The number of carbonyl (C=O) groups excluding carboxylic acids is 1. The van der Waals surface area contributed by atoms with Gasteiger partial charge in [0.05, 0.1) is 31.1 Å². The highest BCUT2D eigenvalue weighted by molar-refractivity contribution is 5.94. The fourth-order valence-corrected chi connectivity index (χ4v) is 3.33. The molecule has 0 fully saturated rings. The van der Waals surface area contributed by atoms with Gasteiger partial charge >= 0.3 is 0 Å². The fourth-order valence-electron chi connectivity index (χ4n) is 3.33. The van der Waals surface area contributed by atoms with Crippen LogP contribution in [0.1, 0.15) is 33.1 Å². The average Bonchev–Trinajstić information content (AvgIpc) is 3.16. The van der Waals surface area contributed by atoms with E-state index in [4.69, 9.17) is 0 Å². The van der Waals surface area contributed by atoms with E-state index in [0.717, 1.165) is 36.5 Å². The minimum atomic E-state index is -0.0762. The van der Waals surface area contributed by atoms with Crippen molar-refractivity contribution in [2.75, 3.05) is 20.1 Å². The van der Waals surface area contributed by atoms with Crippen molar-refractivity contribution in [2.45, 2.75) is 32.7 Å². The molecule has 2 aliphatic heterocycles. The van der Waals surface area contributed by atoms with Crippen LogP contribution in [0.3, 0.4) is 0 Å². The van der Waals surface area contributed by atoms with Gasteiger partial charge in [0.15, 0.2) is 5.69 Å². The van der Waals surface area contributed by atoms with Crippen LogP contribution in [-0.2, 0) is 32.7 Å². The van der Waals surface area contributed by atoms with Crippen molar-refractivity contribution < 1.29 is 9.90 Å². The molecule has 8 nitrogen and oxygen atoms in total. The van der Waals surface area contributed by atoms with Crippen LogP contribution in [0.4, 0.5) is 0 Å². The Bertz CT molecular complexity index is 749. The lowest BCUT2D eigenvalue weighted by atomic mass is 10.1. The fraction of sp³-hybridized carbons (Fsp3) is 0.533. The molecule has 0 unspecified atom stereocenters. The number of hydrogen-bond donors (Lipinski definition) is 2. The Balaban J connectivity index is 1.57. The lowest BCUT2D eigenvalue weighted by Crippen LogP contribution is -2.39. The average molecular weight is 316 g/mol. The first-order valence-electron chi connectivity index (χ1n) is 7.86. The first-order valence-corrected chi connectivity index (χ1v) is 7.86. The summed E-state index contributed by atoms with van der Waals surface area (Å²) in [6, 6.07) is 1.85. The van der Waals surface area contributed by atoms with E-state index in [1.165, 1.54) is 0 Å². The van der Waals surface area contributed by atoms with Crippen LogP contribution < -0.4 is 0 Å². The highest BCUT2D eigenvalue weighted by atomic mass is 16.3. The second kappa shape index (κ2) is 5.47. The summed E-state index contributed by atoms with van der Waals surface area (Å²) in [6.45, 7) is 3.42. The number of nitrogens with one attached hydrogen (secondary N) is 1. The van der Waals surface area contributed by atoms with Crippen molar-refractivity contribution in [3.05, 3.63) is 34.4 Å². The number of aliphatic hydroxyl groups excluding tert-OH is 1. The molecule has 122 valence electrons. The summed E-state index contributed by atoms with van der Waals surface area (Å²) in [5.74, 6) is -0.0317. The quantitative estimate of drug-likeness (QED) is 0.797. The normalized spacial score (nSPS) is 17.9. The van der Waals surface area contributed by atoms with Crippen LogP contribution in [0.2, 0.25) is 0 Å². The van der Waals surface area contributed by atoms with Gasteiger partial charge in [-0.3, -0.25) is 14.6 Å². The number of hydrogen-bond acceptors (Lipinski definition) is 5. The third kappa shape index (κ3) is 2.43. The number of rotatable bonds is 2. The molecule has 0 aromatic carbocycles. The molecule has 2 aliphatic rings. The highest BCUT2D eigenvalue weighted by Gasteiger charge is 2.29. The van der Waals surface area contributed by atoms with Crippen LogP contribution in [0.25, 0.3) is 0 Å². The summed E-state index contributed by atoms with van der Waals surface area (Å²) >= 11 is 0. The van der Waals surface area contributed by atoms with Crippen molar-refractivity contribution >= 4 is 5.91 Å². The highest BCUT2D eigenvalue weighted by Crippen LogP contribution is 2.22. The maximum atomic E-state index is 12.9. The number of aromatic amines is 1. The first kappa shape index (κ1) is 14.4. The van der Waals surface area contributed by atoms with Crippen LogP contribution in [0.5, 0.6) is 0 Å². The molecule has 2 N–H and O–H groups in total. The Labute approximate surface area is 133 Å². The summed E-state index contributed by atoms with van der Waals surface area (Å²) in [5, 5.41) is 20.8. The van der Waals surface area contributed by atoms with E-state index in [1.807, 2.05) is 15.6 Å². The zero-order valence-electron chi connectivity index (χ0n) is 13.1. The Kier molecular flexibility index (Phi) is 3.42. The van der Waals surface area contributed by atoms with Crippen LogP contribution in [0, 0.1) is 0 Å². The van der Waals surface area contributed by atoms with Gasteiger partial charge in [-0.15, -0.1) is 0 Å². The molecule has 0 atom stereocenters. The van der Waals surface area contributed by atoms with Gasteiger partial charge in [0.25, 0.3) is 5.91 Å². The molecule has 0 bridgehead atoms. The number of aromatic nitrogens is 4. The zero-order chi connectivity index (χ0) is 16.0. The standard InChI is InChI=1S/C15H20N6O2/c1-19-3-2-13-12(8-19)14(17-16-13)15(23)20-4-5-21-11(7-20)6-10(9-22)18-21/h6,22H,2-5,7-9H2,1H3,(H,16,17). The third-order valence-corrected chi connectivity index (χ3v) is 4.62. The molecule has 0 saturated heterocycles. The minimum Gasteiger partial charge on any atom is -0.390 e. The van der Waals surface area contributed by atoms with E-state index in [0.29, 0.717) is 31.0 Å². The second-order valence-electron chi connectivity index (χ2n) is 6.25. The number of aliphatic hydroxyl groups is 1. The Hall–Kier alpha value is -2.19. The molecule has 4 rings (SSSR count). The van der Waals surface area contributed by atoms with Gasteiger partial charge in [0.2, 0.25) is 0 Å². The van der Waals surface area contributed by atoms with E-state index >= 15 is 0 Å². The van der Waals surface area contributed by atoms with Gasteiger partial charge in [-0.2, -0.15) is 10.2 Å². The Morgan fingerprint density at radius 2 is 2.22 bits per heavy atom. The molecule has 1 amide bonds. The molecule has 0 saturated carbocycles. The Morgan fingerprint density at radius 1 is 1.35 bits per heavy atom. The number of carbonyl (C=O) groups is 1. The van der Waals surface area contributed by atoms with Crippen molar-refractivity contribution in [2.24, 2.45) is 0 Å². The van der Waals surface area contributed by atoms with Crippen LogP contribution >= 0.6 is 0 Å². The van der Waals surface area contributed by atoms with Gasteiger partial charge in [-0.1, -0.05) is 0 Å². The number of likely N-dealkylation sites (N-methyl/N-ethyl adjacent to an activating group) is 1. The van der Waals surface area contributed by atoms with E-state index < -0.39 is 0 Å². The van der Waals surface area contributed by atoms with Gasteiger partial charge in [0.1, 0.15) is 0 Å². The van der Waals surface area contributed by atoms with E-state index in [-0.39, 0.29) is 12.5 Å². The number of fused-ring (bicyclic) bond motifs is 2. The minimum absolute atomic E-state index is 0.0317. The number of amides is 1. The van der Waals surface area contributed by atoms with Gasteiger partial charge in [-0.25, -0.2) is 0 Å². The third-order valence-electron chi connectivity index (χ3n) is 4.62. The topological polar surface area (TPSA) is 90.3 Å². The van der Waals surface area contributed by atoms with E-state index in [1.54, 1.807) is 0 Å². The molecule has 0 radical (unpaired) electrons. The Morgan fingerprint density at radius 3 is 3.04 bits per heavy atom. The first-order chi connectivity index (χ1) is 11.2. The molecule has 8 heteroatoms. The lowest BCUT2D eigenvalue weighted by Gasteiger charge is -2.28. The molecule has 0 spiro atoms. The SMILES string of the molecule is CN1CCc2[nH]nc(C(=O)N3CCn4nc(CO)cc4C3)c2C1. The maximum Gasteiger partial charge on any atom is 0.275 e. The smallest absolute Gasteiger partial charge is 0.275 e. The van der Waals surface area contributed by atoms with Crippen LogP contribution in [-0.4, -0.2) is 60.9 Å². The van der Waals surface area contributed by atoms with E-state index in [9.17, 15) is 9.90 Å². The predicted octanol–water partition coefficient (Wildman–Crippen LogP) is -0.258. The largest absolute Gasteiger partial charge is 0.390 e. The predicted molar refractivity (Wildman–Crippen MR) is 81.5 cm³/mol. The molecule has 2 aromatic heterocycles. The lowest BCUT2D eigenvalue weighted by molar-refractivity contribution is 0.0697. The summed E-state index contributed by atoms with van der Waals surface area (Å²) in [5.41, 5.74) is 4.25. The van der Waals surface area contributed by atoms with E-state index in [2.05, 4.69) is 27.2 Å². The molecule has 23 heavy (non-hydrogen) atoms. The zero-order valence-corrected chi connectivity index (χ0v) is 13.1. The molecular formula is C15H20N6O2. The maximum absolute atomic E-state index is 12.9. The van der Waals surface area contributed by atoms with Crippen molar-refractivity contribution in [1.82, 2.24) is 29.8 Å². The number of H-pyrrole nitrogens is 1. The van der Waals surface area contributed by atoms with Gasteiger partial charge < -0.3 is 14.9 Å². The van der Waals surface area contributed by atoms with Gasteiger partial charge in [0, 0.05) is 37.3 Å². The number of nitrogens with zero attached hydrogens (tertiary/aromatic N) is 5. The summed E-state index contributed by atoms with van der Waals surface area (Å²) in [7, 11) is 2.06. The van der Waals surface area contributed by atoms with Gasteiger partial charge in [-0.05, 0) is 13.1 Å². The summed E-state index contributed by atoms with van der Waals surface area (Å²) < 4.78 is 1.86. The molecule has 0 aliphatic carbocycles. The monoisotopic (exact) mass is 316 g/mol. The molecular weight excluding hydrogens is 296 g/mol. The summed E-state index contributed by atoms with van der Waals surface area (Å²) in [4.78, 5) is 16.9. The molecule has 2 aromatic rings. The second-order valence-corrected chi connectivity index (χ2v) is 6.25. The molecule has 4 heterocycles. The van der Waals surface area contributed by atoms with Crippen molar-refractivity contribution in [1.29, 1.82) is 0 Å². The summed E-state index contributed by atoms with van der Waals surface area (Å²) in [6.07, 6.45) is 0.902.